The van der Waals surface area contributed by atoms with Crippen LogP contribution in [0.5, 0.6) is 0 Å². The van der Waals surface area contributed by atoms with E-state index in [0.29, 0.717) is 6.10 Å². The maximum atomic E-state index is 6.39. The molecule has 2 aliphatic rings. The van der Waals surface area contributed by atoms with Crippen LogP contribution in [-0.2, 0) is 4.84 Å². The summed E-state index contributed by atoms with van der Waals surface area (Å²) in [5, 5.41) is 2.23. The molecular formula is C15H30N2O. The molecule has 2 rings (SSSR count). The summed E-state index contributed by atoms with van der Waals surface area (Å²) >= 11 is 0. The molecule has 1 heterocycles. The highest BCUT2D eigenvalue weighted by molar-refractivity contribution is 5.00. The molecule has 1 saturated carbocycles. The van der Waals surface area contributed by atoms with Crippen LogP contribution in [0.15, 0.2) is 0 Å². The van der Waals surface area contributed by atoms with Crippen molar-refractivity contribution in [3.8, 4) is 0 Å². The van der Waals surface area contributed by atoms with Gasteiger partial charge in [-0.2, -0.15) is 5.06 Å². The smallest absolute Gasteiger partial charge is 0.0793 e. The largest absolute Gasteiger partial charge is 0.326 e. The maximum Gasteiger partial charge on any atom is 0.0793 e. The molecule has 2 fully saturated rings. The molecule has 0 radical (unpaired) electrons. The molecule has 0 aromatic rings. The Kier molecular flexibility index (Phi) is 4.05. The van der Waals surface area contributed by atoms with Crippen LogP contribution in [0.1, 0.15) is 72.6 Å². The molecule has 0 bridgehead atoms. The van der Waals surface area contributed by atoms with Gasteiger partial charge in [0.15, 0.2) is 0 Å². The Labute approximate surface area is 112 Å². The van der Waals surface area contributed by atoms with Gasteiger partial charge in [0.2, 0.25) is 0 Å². The van der Waals surface area contributed by atoms with Crippen LogP contribution in [0.3, 0.4) is 0 Å². The van der Waals surface area contributed by atoms with Gasteiger partial charge in [0.1, 0.15) is 0 Å². The lowest BCUT2D eigenvalue weighted by Gasteiger charge is -2.55. The minimum absolute atomic E-state index is 0.0702. The van der Waals surface area contributed by atoms with Crippen LogP contribution >= 0.6 is 0 Å². The Morgan fingerprint density at radius 3 is 2.22 bits per heavy atom. The lowest BCUT2D eigenvalue weighted by molar-refractivity contribution is -0.311. The first-order valence-corrected chi connectivity index (χ1v) is 7.57. The quantitative estimate of drug-likeness (QED) is 0.822. The van der Waals surface area contributed by atoms with E-state index in [-0.39, 0.29) is 17.1 Å². The van der Waals surface area contributed by atoms with Crippen LogP contribution in [0.25, 0.3) is 0 Å². The monoisotopic (exact) mass is 254 g/mol. The van der Waals surface area contributed by atoms with Gasteiger partial charge in [0, 0.05) is 11.6 Å². The highest BCUT2D eigenvalue weighted by atomic mass is 16.7. The molecule has 1 unspecified atom stereocenters. The number of hydroxylamine groups is 2. The third-order valence-corrected chi connectivity index (χ3v) is 4.85. The lowest BCUT2D eigenvalue weighted by Crippen LogP contribution is -2.67. The van der Waals surface area contributed by atoms with E-state index in [1.54, 1.807) is 0 Å². The first-order valence-electron chi connectivity index (χ1n) is 7.57. The van der Waals surface area contributed by atoms with Gasteiger partial charge in [-0.25, -0.2) is 0 Å². The van der Waals surface area contributed by atoms with Crippen molar-refractivity contribution in [2.75, 3.05) is 0 Å². The molecule has 0 amide bonds. The van der Waals surface area contributed by atoms with E-state index in [1.807, 2.05) is 0 Å². The van der Waals surface area contributed by atoms with Crippen LogP contribution in [0, 0.1) is 0 Å². The van der Waals surface area contributed by atoms with E-state index in [2.05, 4.69) is 32.8 Å². The first-order chi connectivity index (χ1) is 8.34. The third kappa shape index (κ3) is 2.73. The van der Waals surface area contributed by atoms with E-state index < -0.39 is 0 Å². The molecule has 1 atom stereocenters. The van der Waals surface area contributed by atoms with Gasteiger partial charge in [0.05, 0.1) is 11.6 Å². The van der Waals surface area contributed by atoms with E-state index in [4.69, 9.17) is 10.6 Å². The van der Waals surface area contributed by atoms with Gasteiger partial charge < -0.3 is 5.73 Å². The number of rotatable bonds is 2. The summed E-state index contributed by atoms with van der Waals surface area (Å²) in [5.74, 6) is 0. The normalized spacial score (nSPS) is 33.5. The summed E-state index contributed by atoms with van der Waals surface area (Å²) in [5.41, 5.74) is 6.33. The Bertz CT molecular complexity index is 282. The van der Waals surface area contributed by atoms with Crippen molar-refractivity contribution >= 4 is 0 Å². The standard InChI is InChI=1S/C15H30N2O/c1-14(2)11-10-13(16)15(3,4)17(14)18-12-8-6-5-7-9-12/h12-13H,5-11,16H2,1-4H3. The fourth-order valence-corrected chi connectivity index (χ4v) is 3.49. The van der Waals surface area contributed by atoms with Gasteiger partial charge in [0.25, 0.3) is 0 Å². The van der Waals surface area contributed by atoms with Gasteiger partial charge in [-0.1, -0.05) is 19.3 Å². The molecule has 18 heavy (non-hydrogen) atoms. The minimum Gasteiger partial charge on any atom is -0.326 e. The summed E-state index contributed by atoms with van der Waals surface area (Å²) in [6.45, 7) is 9.01. The molecule has 0 aromatic carbocycles. The average Bonchev–Trinajstić information content (AvgIpc) is 2.32. The summed E-state index contributed by atoms with van der Waals surface area (Å²) in [4.78, 5) is 6.39. The van der Waals surface area contributed by atoms with Crippen molar-refractivity contribution in [1.82, 2.24) is 5.06 Å². The first kappa shape index (κ1) is 14.3. The number of hydrogen-bond acceptors (Lipinski definition) is 3. The Hall–Kier alpha value is -0.120. The van der Waals surface area contributed by atoms with E-state index in [1.165, 1.54) is 32.1 Å². The molecule has 1 aliphatic heterocycles. The van der Waals surface area contributed by atoms with E-state index in [9.17, 15) is 0 Å². The predicted molar refractivity (Wildman–Crippen MR) is 75.2 cm³/mol. The molecule has 3 heteroatoms. The summed E-state index contributed by atoms with van der Waals surface area (Å²) in [6, 6.07) is 0.203. The van der Waals surface area contributed by atoms with Crippen LogP contribution < -0.4 is 5.73 Å². The highest BCUT2D eigenvalue weighted by Crippen LogP contribution is 2.39. The van der Waals surface area contributed by atoms with Crippen LogP contribution in [0.2, 0.25) is 0 Å². The van der Waals surface area contributed by atoms with Crippen LogP contribution in [-0.4, -0.2) is 28.3 Å². The Morgan fingerprint density at radius 1 is 1.00 bits per heavy atom. The maximum absolute atomic E-state index is 6.39. The van der Waals surface area contributed by atoms with Crippen molar-refractivity contribution in [2.45, 2.75) is 95.9 Å². The summed E-state index contributed by atoms with van der Waals surface area (Å²) < 4.78 is 0. The zero-order valence-electron chi connectivity index (χ0n) is 12.5. The minimum atomic E-state index is -0.0702. The van der Waals surface area contributed by atoms with E-state index >= 15 is 0 Å². The van der Waals surface area contributed by atoms with Crippen molar-refractivity contribution < 1.29 is 4.84 Å². The van der Waals surface area contributed by atoms with Gasteiger partial charge in [-0.3, -0.25) is 4.84 Å². The fourth-order valence-electron chi connectivity index (χ4n) is 3.49. The van der Waals surface area contributed by atoms with E-state index in [0.717, 1.165) is 12.8 Å². The molecule has 3 nitrogen and oxygen atoms in total. The summed E-state index contributed by atoms with van der Waals surface area (Å²) in [7, 11) is 0. The van der Waals surface area contributed by atoms with Crippen molar-refractivity contribution in [2.24, 2.45) is 5.73 Å². The molecule has 0 spiro atoms. The third-order valence-electron chi connectivity index (χ3n) is 4.85. The van der Waals surface area contributed by atoms with Gasteiger partial charge >= 0.3 is 0 Å². The molecule has 1 aliphatic carbocycles. The van der Waals surface area contributed by atoms with Gasteiger partial charge in [-0.15, -0.1) is 0 Å². The second-order valence-corrected chi connectivity index (χ2v) is 7.27. The Morgan fingerprint density at radius 2 is 1.61 bits per heavy atom. The lowest BCUT2D eigenvalue weighted by atomic mass is 9.79. The SMILES string of the molecule is CC1(C)CCC(N)C(C)(C)N1OC1CCCCC1. The molecule has 2 N–H and O–H groups in total. The number of nitrogens with zero attached hydrogens (tertiary/aromatic N) is 1. The average molecular weight is 254 g/mol. The fraction of sp³-hybridized carbons (Fsp3) is 1.00. The molecule has 1 saturated heterocycles. The second kappa shape index (κ2) is 5.10. The highest BCUT2D eigenvalue weighted by Gasteiger charge is 2.47. The van der Waals surface area contributed by atoms with Gasteiger partial charge in [-0.05, 0) is 53.4 Å². The van der Waals surface area contributed by atoms with Crippen molar-refractivity contribution in [1.29, 1.82) is 0 Å². The second-order valence-electron chi connectivity index (χ2n) is 7.27. The number of hydrogen-bond donors (Lipinski definition) is 1. The topological polar surface area (TPSA) is 38.5 Å². The molecule has 0 aromatic heterocycles. The van der Waals surface area contributed by atoms with Crippen LogP contribution in [0.4, 0.5) is 0 Å². The Balaban J connectivity index is 2.09. The zero-order valence-corrected chi connectivity index (χ0v) is 12.5. The number of nitrogens with two attached hydrogens (primary N) is 1. The molecular weight excluding hydrogens is 224 g/mol. The van der Waals surface area contributed by atoms with Crippen molar-refractivity contribution in [3.63, 3.8) is 0 Å². The summed E-state index contributed by atoms with van der Waals surface area (Å²) in [6.07, 6.45) is 9.01. The zero-order chi connectivity index (χ0) is 13.4. The predicted octanol–water partition coefficient (Wildman–Crippen LogP) is 3.23. The molecule has 106 valence electrons. The number of piperidine rings is 1. The van der Waals surface area contributed by atoms with Crippen molar-refractivity contribution in [3.05, 3.63) is 0 Å².